The number of ether oxygens (including phenoxy) is 2. The van der Waals surface area contributed by atoms with E-state index in [0.29, 0.717) is 11.4 Å². The average Bonchev–Trinajstić information content (AvgIpc) is 3.23. The number of halogens is 3. The number of hydrogen-bond donors (Lipinski definition) is 2. The summed E-state index contributed by atoms with van der Waals surface area (Å²) in [6.45, 7) is 10.5. The molecule has 8 nitrogen and oxygen atoms in total. The van der Waals surface area contributed by atoms with Gasteiger partial charge in [0.25, 0.3) is 0 Å². The molecule has 1 aliphatic rings. The number of benzene rings is 2. The van der Waals surface area contributed by atoms with Crippen LogP contribution in [0.1, 0.15) is 61.9 Å². The normalized spacial score (nSPS) is 15.1. The molecule has 11 heteroatoms. The topological polar surface area (TPSA) is 80.7 Å². The highest BCUT2D eigenvalue weighted by Crippen LogP contribution is 2.35. The van der Waals surface area contributed by atoms with Crippen molar-refractivity contribution < 1.29 is 27.4 Å². The van der Waals surface area contributed by atoms with E-state index in [-0.39, 0.29) is 35.9 Å². The van der Waals surface area contributed by atoms with Crippen molar-refractivity contribution in [3.63, 3.8) is 0 Å². The van der Waals surface area contributed by atoms with Gasteiger partial charge in [0.15, 0.2) is 0 Å². The smallest absolute Gasteiger partial charge is 0.405 e. The quantitative estimate of drug-likeness (QED) is 0.321. The van der Waals surface area contributed by atoms with Gasteiger partial charge in [-0.15, -0.1) is 13.2 Å². The highest BCUT2D eigenvalue weighted by Gasteiger charge is 2.33. The maximum absolute atomic E-state index is 13.1. The van der Waals surface area contributed by atoms with Gasteiger partial charge in [-0.3, -0.25) is 10.2 Å². The van der Waals surface area contributed by atoms with E-state index in [1.807, 2.05) is 37.3 Å². The number of nitrogens with one attached hydrogen (secondary N) is 2. The van der Waals surface area contributed by atoms with Crippen LogP contribution in [0.2, 0.25) is 0 Å². The molecule has 1 saturated heterocycles. The van der Waals surface area contributed by atoms with Crippen molar-refractivity contribution >= 4 is 11.8 Å². The predicted molar refractivity (Wildman–Crippen MR) is 151 cm³/mol. The van der Waals surface area contributed by atoms with Gasteiger partial charge in [-0.05, 0) is 83.5 Å². The largest absolute Gasteiger partial charge is 0.573 e. The Balaban J connectivity index is 1.55. The van der Waals surface area contributed by atoms with Crippen molar-refractivity contribution in [2.75, 3.05) is 25.5 Å². The third-order valence-corrected chi connectivity index (χ3v) is 7.32. The van der Waals surface area contributed by atoms with Crippen molar-refractivity contribution in [1.82, 2.24) is 20.0 Å². The summed E-state index contributed by atoms with van der Waals surface area (Å²) in [5, 5.41) is 10.5. The van der Waals surface area contributed by atoms with Crippen molar-refractivity contribution in [3.8, 4) is 11.4 Å². The fourth-order valence-corrected chi connectivity index (χ4v) is 5.21. The summed E-state index contributed by atoms with van der Waals surface area (Å²) < 4.78 is 49.9. The van der Waals surface area contributed by atoms with E-state index >= 15 is 0 Å². The van der Waals surface area contributed by atoms with E-state index in [4.69, 9.17) is 9.84 Å². The van der Waals surface area contributed by atoms with Crippen LogP contribution in [-0.2, 0) is 17.9 Å². The zero-order valence-corrected chi connectivity index (χ0v) is 24.1. The number of urea groups is 1. The molecule has 0 bridgehead atoms. The number of aromatic nitrogens is 2. The van der Waals surface area contributed by atoms with Crippen molar-refractivity contribution in [1.29, 1.82) is 0 Å². The lowest BCUT2D eigenvalue weighted by Gasteiger charge is -2.40. The molecule has 1 aromatic heterocycles. The summed E-state index contributed by atoms with van der Waals surface area (Å²) in [5.41, 5.74) is 3.51. The molecule has 1 fully saturated rings. The number of para-hydroxylation sites is 1. The van der Waals surface area contributed by atoms with Crippen LogP contribution in [0.25, 0.3) is 5.69 Å². The second-order valence-electron chi connectivity index (χ2n) is 11.3. The molecule has 0 radical (unpaired) electrons. The Kier molecular flexibility index (Phi) is 9.28. The Morgan fingerprint density at radius 2 is 1.76 bits per heavy atom. The number of likely N-dealkylation sites (tertiary alicyclic amines) is 1. The fourth-order valence-electron chi connectivity index (χ4n) is 5.21. The molecule has 1 aliphatic heterocycles. The van der Waals surface area contributed by atoms with Crippen LogP contribution in [0, 0.1) is 6.92 Å². The molecular weight excluding hydrogens is 535 g/mol. The third-order valence-electron chi connectivity index (χ3n) is 7.32. The molecule has 0 unspecified atom stereocenters. The zero-order chi connectivity index (χ0) is 29.8. The number of methoxy groups -OCH3 is 1. The lowest BCUT2D eigenvalue weighted by atomic mass is 9.89. The van der Waals surface area contributed by atoms with Crippen LogP contribution in [0.4, 0.5) is 23.8 Å². The summed E-state index contributed by atoms with van der Waals surface area (Å²) in [6.07, 6.45) is -2.96. The van der Waals surface area contributed by atoms with Crippen LogP contribution in [0.5, 0.6) is 5.75 Å². The highest BCUT2D eigenvalue weighted by atomic mass is 19.4. The number of nitrogens with zero attached hydrogens (tertiary/aromatic N) is 3. The number of anilines is 1. The highest BCUT2D eigenvalue weighted by molar-refractivity contribution is 5.89. The first-order valence-corrected chi connectivity index (χ1v) is 13.7. The Morgan fingerprint density at radius 1 is 1.07 bits per heavy atom. The minimum absolute atomic E-state index is 0.0995. The molecule has 222 valence electrons. The van der Waals surface area contributed by atoms with E-state index in [2.05, 4.69) is 41.0 Å². The zero-order valence-electron chi connectivity index (χ0n) is 24.1. The number of amides is 2. The number of rotatable bonds is 8. The Hall–Kier alpha value is -3.57. The van der Waals surface area contributed by atoms with E-state index in [1.54, 1.807) is 4.68 Å². The number of carbonyl (C=O) groups excluding carboxylic acids is 1. The van der Waals surface area contributed by atoms with Crippen LogP contribution >= 0.6 is 0 Å². The number of piperidine rings is 1. The monoisotopic (exact) mass is 573 g/mol. The molecule has 2 aromatic carbocycles. The van der Waals surface area contributed by atoms with Crippen LogP contribution in [0.3, 0.4) is 0 Å². The van der Waals surface area contributed by atoms with Gasteiger partial charge in [-0.2, -0.15) is 5.10 Å². The minimum atomic E-state index is -4.86. The molecule has 0 spiro atoms. The Bertz CT molecular complexity index is 1330. The molecule has 2 amide bonds. The second-order valence-corrected chi connectivity index (χ2v) is 11.3. The van der Waals surface area contributed by atoms with E-state index in [0.717, 1.165) is 42.9 Å². The van der Waals surface area contributed by atoms with Gasteiger partial charge >= 0.3 is 12.4 Å². The van der Waals surface area contributed by atoms with Gasteiger partial charge in [-0.1, -0.05) is 24.3 Å². The summed E-state index contributed by atoms with van der Waals surface area (Å²) in [7, 11) is 1.49. The van der Waals surface area contributed by atoms with Gasteiger partial charge in [-0.25, -0.2) is 9.48 Å². The SMILES string of the molecule is COCc1ccc(OC(F)(F)F)c(CNC(=O)Nc2c(C)c(C3CCN(C(C)(C)C)CC3)nn2-c2ccccc2)c1. The van der Waals surface area contributed by atoms with Crippen molar-refractivity contribution in [3.05, 3.63) is 70.9 Å². The number of carbonyl (C=O) groups is 1. The summed E-state index contributed by atoms with van der Waals surface area (Å²) in [6, 6.07) is 13.2. The van der Waals surface area contributed by atoms with Gasteiger partial charge in [0.2, 0.25) is 0 Å². The first-order valence-electron chi connectivity index (χ1n) is 13.7. The minimum Gasteiger partial charge on any atom is -0.405 e. The van der Waals surface area contributed by atoms with E-state index in [9.17, 15) is 18.0 Å². The van der Waals surface area contributed by atoms with Gasteiger partial charge in [0, 0.05) is 36.2 Å². The van der Waals surface area contributed by atoms with Crippen LogP contribution in [0.15, 0.2) is 48.5 Å². The summed E-state index contributed by atoms with van der Waals surface area (Å²) in [4.78, 5) is 15.6. The van der Waals surface area contributed by atoms with E-state index in [1.165, 1.54) is 25.3 Å². The molecule has 41 heavy (non-hydrogen) atoms. The summed E-state index contributed by atoms with van der Waals surface area (Å²) in [5.74, 6) is 0.377. The summed E-state index contributed by atoms with van der Waals surface area (Å²) >= 11 is 0. The number of hydrogen-bond acceptors (Lipinski definition) is 5. The average molecular weight is 574 g/mol. The lowest BCUT2D eigenvalue weighted by molar-refractivity contribution is -0.274. The lowest BCUT2D eigenvalue weighted by Crippen LogP contribution is -2.45. The predicted octanol–water partition coefficient (Wildman–Crippen LogP) is 6.53. The molecule has 2 heterocycles. The molecule has 0 saturated carbocycles. The maximum Gasteiger partial charge on any atom is 0.573 e. The second kappa shape index (κ2) is 12.5. The van der Waals surface area contributed by atoms with Gasteiger partial charge < -0.3 is 14.8 Å². The first-order chi connectivity index (χ1) is 19.4. The molecule has 2 N–H and O–H groups in total. The molecule has 3 aromatic rings. The van der Waals surface area contributed by atoms with Gasteiger partial charge in [0.05, 0.1) is 18.0 Å². The molecule has 4 rings (SSSR count). The molecular formula is C30H38F3N5O3. The Morgan fingerprint density at radius 3 is 2.37 bits per heavy atom. The van der Waals surface area contributed by atoms with Crippen molar-refractivity contribution in [2.45, 2.75) is 71.5 Å². The van der Waals surface area contributed by atoms with E-state index < -0.39 is 12.4 Å². The van der Waals surface area contributed by atoms with Crippen LogP contribution < -0.4 is 15.4 Å². The van der Waals surface area contributed by atoms with Crippen molar-refractivity contribution in [2.24, 2.45) is 0 Å². The van der Waals surface area contributed by atoms with Gasteiger partial charge in [0.1, 0.15) is 11.6 Å². The third kappa shape index (κ3) is 7.80. The first kappa shape index (κ1) is 30.4. The molecule has 0 atom stereocenters. The fraction of sp³-hybridized carbons (Fsp3) is 0.467. The maximum atomic E-state index is 13.1. The Labute approximate surface area is 238 Å². The number of alkyl halides is 3. The standard InChI is InChI=1S/C30H38F3N5O3/c1-20-26(22-13-15-37(16-14-22)29(2,3)4)36-38(24-9-7-6-8-10-24)27(20)35-28(39)34-18-23-17-21(19-40-5)11-12-25(23)41-30(31,32)33/h6-12,17,22H,13-16,18-19H2,1-5H3,(H2,34,35,39). The van der Waals surface area contributed by atoms with Crippen LogP contribution in [-0.4, -0.2) is 52.8 Å². The molecule has 0 aliphatic carbocycles.